The van der Waals surface area contributed by atoms with Crippen molar-refractivity contribution in [1.82, 2.24) is 10.2 Å². The molecule has 2 rings (SSSR count). The summed E-state index contributed by atoms with van der Waals surface area (Å²) in [7, 11) is 0. The van der Waals surface area contributed by atoms with Gasteiger partial charge < -0.3 is 9.64 Å². The van der Waals surface area contributed by atoms with E-state index in [1.807, 2.05) is 18.7 Å². The van der Waals surface area contributed by atoms with E-state index in [-0.39, 0.29) is 28.6 Å². The fourth-order valence-corrected chi connectivity index (χ4v) is 2.65. The Bertz CT molecular complexity index is 598. The van der Waals surface area contributed by atoms with Gasteiger partial charge in [-0.25, -0.2) is 0 Å². The molecule has 2 unspecified atom stereocenters. The van der Waals surface area contributed by atoms with E-state index in [9.17, 15) is 14.9 Å². The molecule has 0 radical (unpaired) electrons. The number of nitro benzene ring substituents is 1. The Balaban J connectivity index is 2.09. The molecule has 0 aromatic heterocycles. The molecular weight excluding hydrogens is 306 g/mol. The fraction of sp³-hybridized carbons (Fsp3) is 0.429. The van der Waals surface area contributed by atoms with Crippen LogP contribution in [0.2, 0.25) is 0 Å². The molecule has 0 spiro atoms. The van der Waals surface area contributed by atoms with Crippen molar-refractivity contribution >= 4 is 28.9 Å². The maximum absolute atomic E-state index is 12.2. The van der Waals surface area contributed by atoms with Crippen LogP contribution in [0.25, 0.3) is 0 Å². The third-order valence-electron chi connectivity index (χ3n) is 3.27. The van der Waals surface area contributed by atoms with E-state index >= 15 is 0 Å². The molecule has 7 nitrogen and oxygen atoms in total. The van der Waals surface area contributed by atoms with Crippen LogP contribution in [0.5, 0.6) is 0 Å². The van der Waals surface area contributed by atoms with Gasteiger partial charge in [0.25, 0.3) is 11.6 Å². The number of benzene rings is 1. The number of ether oxygens (including phenoxy) is 1. The first-order chi connectivity index (χ1) is 10.4. The molecule has 118 valence electrons. The van der Waals surface area contributed by atoms with Crippen LogP contribution in [0.1, 0.15) is 24.2 Å². The van der Waals surface area contributed by atoms with Gasteiger partial charge in [0.05, 0.1) is 17.1 Å². The van der Waals surface area contributed by atoms with E-state index in [0.717, 1.165) is 0 Å². The number of carbonyl (C=O) groups is 1. The van der Waals surface area contributed by atoms with Crippen LogP contribution in [0.3, 0.4) is 0 Å². The summed E-state index contributed by atoms with van der Waals surface area (Å²) in [4.78, 5) is 24.4. The van der Waals surface area contributed by atoms with E-state index in [2.05, 4.69) is 5.32 Å². The predicted octanol–water partition coefficient (Wildman–Crippen LogP) is 1.72. The molecule has 1 aliphatic rings. The smallest absolute Gasteiger partial charge is 0.282 e. The highest BCUT2D eigenvalue weighted by Crippen LogP contribution is 2.17. The Morgan fingerprint density at radius 3 is 2.55 bits per heavy atom. The first kappa shape index (κ1) is 16.3. The zero-order valence-electron chi connectivity index (χ0n) is 12.3. The molecule has 1 saturated heterocycles. The Labute approximate surface area is 133 Å². The van der Waals surface area contributed by atoms with Gasteiger partial charge in [0.2, 0.25) is 0 Å². The minimum absolute atomic E-state index is 0.00432. The highest BCUT2D eigenvalue weighted by atomic mass is 32.1. The average molecular weight is 323 g/mol. The van der Waals surface area contributed by atoms with Crippen molar-refractivity contribution in [3.05, 3.63) is 39.9 Å². The number of nitrogens with one attached hydrogen (secondary N) is 1. The topological polar surface area (TPSA) is 84.7 Å². The number of thiocarbonyl (C=S) groups is 1. The number of carbonyl (C=O) groups excluding carboxylic acids is 1. The van der Waals surface area contributed by atoms with Crippen LogP contribution in [-0.4, -0.2) is 46.1 Å². The Morgan fingerprint density at radius 1 is 1.36 bits per heavy atom. The minimum Gasteiger partial charge on any atom is -0.372 e. The van der Waals surface area contributed by atoms with Crippen LogP contribution in [-0.2, 0) is 4.74 Å². The van der Waals surface area contributed by atoms with E-state index in [4.69, 9.17) is 17.0 Å². The van der Waals surface area contributed by atoms with Crippen LogP contribution in [0.15, 0.2) is 24.3 Å². The number of nitro groups is 1. The fourth-order valence-electron chi connectivity index (χ4n) is 2.41. The Kier molecular flexibility index (Phi) is 5.04. The number of hydrogen-bond acceptors (Lipinski definition) is 5. The number of nitrogens with zero attached hydrogens (tertiary/aromatic N) is 2. The zero-order valence-corrected chi connectivity index (χ0v) is 13.1. The lowest BCUT2D eigenvalue weighted by molar-refractivity contribution is -0.385. The highest BCUT2D eigenvalue weighted by Gasteiger charge is 2.26. The summed E-state index contributed by atoms with van der Waals surface area (Å²) in [5, 5.41) is 13.8. The molecule has 1 amide bonds. The van der Waals surface area contributed by atoms with Crippen molar-refractivity contribution in [2.24, 2.45) is 0 Å². The molecule has 22 heavy (non-hydrogen) atoms. The first-order valence-electron chi connectivity index (χ1n) is 6.87. The Hall–Kier alpha value is -2.06. The quantitative estimate of drug-likeness (QED) is 0.507. The monoisotopic (exact) mass is 323 g/mol. The molecule has 8 heteroatoms. The van der Waals surface area contributed by atoms with Gasteiger partial charge in [-0.2, -0.15) is 0 Å². The lowest BCUT2D eigenvalue weighted by Gasteiger charge is -2.36. The summed E-state index contributed by atoms with van der Waals surface area (Å²) in [6.45, 7) is 4.99. The van der Waals surface area contributed by atoms with Crippen molar-refractivity contribution in [2.45, 2.75) is 26.1 Å². The van der Waals surface area contributed by atoms with Crippen molar-refractivity contribution in [3.63, 3.8) is 0 Å². The second-order valence-electron chi connectivity index (χ2n) is 5.20. The second-order valence-corrected chi connectivity index (χ2v) is 5.58. The molecule has 1 aromatic carbocycles. The van der Waals surface area contributed by atoms with E-state index < -0.39 is 10.8 Å². The average Bonchev–Trinajstić information content (AvgIpc) is 2.46. The molecule has 1 aliphatic heterocycles. The second kappa shape index (κ2) is 6.80. The van der Waals surface area contributed by atoms with Gasteiger partial charge in [-0.05, 0) is 32.1 Å². The molecule has 1 heterocycles. The van der Waals surface area contributed by atoms with E-state index in [1.54, 1.807) is 6.07 Å². The molecule has 0 aliphatic carbocycles. The normalized spacial score (nSPS) is 21.3. The molecule has 0 bridgehead atoms. The maximum Gasteiger partial charge on any atom is 0.282 e. The maximum atomic E-state index is 12.2. The third-order valence-corrected chi connectivity index (χ3v) is 3.63. The standard InChI is InChI=1S/C14H17N3O4S/c1-9-7-16(8-10(2)21-9)14(22)15-13(18)11-5-3-4-6-12(11)17(19)20/h3-6,9-10H,7-8H2,1-2H3,(H,15,18,22). The molecule has 2 atom stereocenters. The van der Waals surface area contributed by atoms with Crippen LogP contribution < -0.4 is 5.32 Å². The molecule has 1 fully saturated rings. The van der Waals surface area contributed by atoms with Gasteiger partial charge in [-0.3, -0.25) is 20.2 Å². The number of morpholine rings is 1. The first-order valence-corrected chi connectivity index (χ1v) is 7.28. The zero-order chi connectivity index (χ0) is 16.3. The number of amides is 1. The molecule has 1 N–H and O–H groups in total. The van der Waals surface area contributed by atoms with Crippen LogP contribution in [0.4, 0.5) is 5.69 Å². The van der Waals surface area contributed by atoms with Crippen LogP contribution >= 0.6 is 12.2 Å². The highest BCUT2D eigenvalue weighted by molar-refractivity contribution is 7.80. The van der Waals surface area contributed by atoms with Gasteiger partial charge in [-0.1, -0.05) is 12.1 Å². The summed E-state index contributed by atoms with van der Waals surface area (Å²) in [6, 6.07) is 5.78. The molecular formula is C14H17N3O4S. The number of hydrogen-bond donors (Lipinski definition) is 1. The molecule has 0 saturated carbocycles. The van der Waals surface area contributed by atoms with Gasteiger partial charge in [0.1, 0.15) is 5.56 Å². The number of para-hydroxylation sites is 1. The third kappa shape index (κ3) is 3.77. The van der Waals surface area contributed by atoms with Gasteiger partial charge in [0.15, 0.2) is 5.11 Å². The summed E-state index contributed by atoms with van der Waals surface area (Å²) in [5.41, 5.74) is -0.254. The largest absolute Gasteiger partial charge is 0.372 e. The minimum atomic E-state index is -0.586. The lowest BCUT2D eigenvalue weighted by Crippen LogP contribution is -2.52. The van der Waals surface area contributed by atoms with E-state index in [0.29, 0.717) is 13.1 Å². The Morgan fingerprint density at radius 2 is 1.95 bits per heavy atom. The molecule has 1 aromatic rings. The van der Waals surface area contributed by atoms with Gasteiger partial charge in [-0.15, -0.1) is 0 Å². The summed E-state index contributed by atoms with van der Waals surface area (Å²) >= 11 is 5.23. The van der Waals surface area contributed by atoms with E-state index in [1.165, 1.54) is 18.2 Å². The van der Waals surface area contributed by atoms with Gasteiger partial charge in [0, 0.05) is 19.2 Å². The van der Waals surface area contributed by atoms with Gasteiger partial charge >= 0.3 is 0 Å². The van der Waals surface area contributed by atoms with Crippen molar-refractivity contribution in [1.29, 1.82) is 0 Å². The summed E-state index contributed by atoms with van der Waals surface area (Å²) < 4.78 is 5.60. The van der Waals surface area contributed by atoms with Crippen LogP contribution in [0, 0.1) is 10.1 Å². The number of rotatable bonds is 2. The predicted molar refractivity (Wildman–Crippen MR) is 84.7 cm³/mol. The summed E-state index contributed by atoms with van der Waals surface area (Å²) in [6.07, 6.45) is 0.00864. The van der Waals surface area contributed by atoms with Crippen molar-refractivity contribution in [3.8, 4) is 0 Å². The lowest BCUT2D eigenvalue weighted by atomic mass is 10.1. The van der Waals surface area contributed by atoms with Crippen molar-refractivity contribution in [2.75, 3.05) is 13.1 Å². The summed E-state index contributed by atoms with van der Waals surface area (Å²) in [5.74, 6) is -0.580. The van der Waals surface area contributed by atoms with Crippen molar-refractivity contribution < 1.29 is 14.5 Å². The SMILES string of the molecule is CC1CN(C(=S)NC(=O)c2ccccc2[N+](=O)[O-])CC(C)O1.